The topological polar surface area (TPSA) is 46.3 Å². The van der Waals surface area contributed by atoms with Crippen molar-refractivity contribution in [1.82, 2.24) is 4.90 Å². The van der Waals surface area contributed by atoms with Crippen LogP contribution in [0.3, 0.4) is 0 Å². The first-order valence-electron chi connectivity index (χ1n) is 6.51. The van der Waals surface area contributed by atoms with Gasteiger partial charge >= 0.3 is 0 Å². The molecule has 0 radical (unpaired) electrons. The van der Waals surface area contributed by atoms with Gasteiger partial charge in [0.1, 0.15) is 0 Å². The molecule has 3 nitrogen and oxygen atoms in total. The van der Waals surface area contributed by atoms with Crippen LogP contribution in [0.4, 0.5) is 5.69 Å². The van der Waals surface area contributed by atoms with Crippen molar-refractivity contribution in [1.29, 1.82) is 0 Å². The van der Waals surface area contributed by atoms with E-state index in [0.29, 0.717) is 28.9 Å². The summed E-state index contributed by atoms with van der Waals surface area (Å²) in [6, 6.07) is 7.43. The Morgan fingerprint density at radius 3 is 2.80 bits per heavy atom. The maximum atomic E-state index is 12.7. The van der Waals surface area contributed by atoms with Crippen LogP contribution in [-0.2, 0) is 6.54 Å². The molecule has 1 aliphatic rings. The highest BCUT2D eigenvalue weighted by atomic mass is 35.5. The Morgan fingerprint density at radius 2 is 2.20 bits per heavy atom. The van der Waals surface area contributed by atoms with E-state index >= 15 is 0 Å². The first-order valence-corrected chi connectivity index (χ1v) is 7.83. The van der Waals surface area contributed by atoms with Gasteiger partial charge in [-0.15, -0.1) is 0 Å². The van der Waals surface area contributed by atoms with Crippen molar-refractivity contribution >= 4 is 34.5 Å². The third-order valence-electron chi connectivity index (χ3n) is 3.35. The number of carbonyl (C=O) groups is 1. The summed E-state index contributed by atoms with van der Waals surface area (Å²) in [6.07, 6.45) is 2.15. The molecule has 1 fully saturated rings. The second kappa shape index (κ2) is 5.46. The van der Waals surface area contributed by atoms with E-state index in [4.69, 9.17) is 17.3 Å². The molecule has 1 aliphatic carbocycles. The molecule has 2 aromatic rings. The Balaban J connectivity index is 1.85. The molecular weight excluding hydrogens is 292 g/mol. The van der Waals surface area contributed by atoms with Crippen LogP contribution in [0.25, 0.3) is 0 Å². The lowest BCUT2D eigenvalue weighted by molar-refractivity contribution is 0.0730. The van der Waals surface area contributed by atoms with Gasteiger partial charge in [-0.05, 0) is 53.4 Å². The first-order chi connectivity index (χ1) is 9.63. The van der Waals surface area contributed by atoms with Crippen molar-refractivity contribution in [3.8, 4) is 0 Å². The number of anilines is 1. The number of nitrogens with two attached hydrogens (primary N) is 1. The maximum Gasteiger partial charge on any atom is 0.254 e. The van der Waals surface area contributed by atoms with Crippen LogP contribution in [0.15, 0.2) is 35.0 Å². The summed E-state index contributed by atoms with van der Waals surface area (Å²) in [4.78, 5) is 14.6. The van der Waals surface area contributed by atoms with Crippen LogP contribution in [0.2, 0.25) is 5.02 Å². The molecule has 1 amide bonds. The highest BCUT2D eigenvalue weighted by Crippen LogP contribution is 2.31. The van der Waals surface area contributed by atoms with Gasteiger partial charge < -0.3 is 10.6 Å². The number of thiophene rings is 1. The summed E-state index contributed by atoms with van der Waals surface area (Å²) in [7, 11) is 0. The molecule has 0 unspecified atom stereocenters. The normalized spacial score (nSPS) is 14.2. The van der Waals surface area contributed by atoms with Crippen molar-refractivity contribution < 1.29 is 4.79 Å². The van der Waals surface area contributed by atoms with Crippen molar-refractivity contribution in [3.05, 3.63) is 51.2 Å². The second-order valence-electron chi connectivity index (χ2n) is 5.07. The van der Waals surface area contributed by atoms with E-state index in [2.05, 4.69) is 11.4 Å². The molecule has 2 N–H and O–H groups in total. The summed E-state index contributed by atoms with van der Waals surface area (Å²) in [6.45, 7) is 0.652. The standard InChI is InChI=1S/C15H15ClN2OS/c16-12-5-11(6-13(17)7-12)15(19)18(14-1-2-14)8-10-3-4-20-9-10/h3-7,9,14H,1-2,8,17H2. The molecule has 0 atom stereocenters. The lowest BCUT2D eigenvalue weighted by atomic mass is 10.1. The Hall–Kier alpha value is -1.52. The molecule has 20 heavy (non-hydrogen) atoms. The molecule has 1 aromatic heterocycles. The van der Waals surface area contributed by atoms with E-state index in [1.807, 2.05) is 10.3 Å². The predicted octanol–water partition coefficient (Wildman–Crippen LogP) is 3.79. The van der Waals surface area contributed by atoms with Crippen LogP contribution >= 0.6 is 22.9 Å². The minimum absolute atomic E-state index is 0.00731. The first kappa shape index (κ1) is 13.5. The van der Waals surface area contributed by atoms with Crippen molar-refractivity contribution in [2.45, 2.75) is 25.4 Å². The number of nitrogens with zero attached hydrogens (tertiary/aromatic N) is 1. The fourth-order valence-electron chi connectivity index (χ4n) is 2.23. The van der Waals surface area contributed by atoms with Crippen LogP contribution in [0, 0.1) is 0 Å². The van der Waals surface area contributed by atoms with Gasteiger partial charge in [-0.3, -0.25) is 4.79 Å². The molecule has 0 saturated heterocycles. The lowest BCUT2D eigenvalue weighted by Gasteiger charge is -2.22. The number of hydrogen-bond donors (Lipinski definition) is 1. The van der Waals surface area contributed by atoms with Gasteiger partial charge in [-0.2, -0.15) is 11.3 Å². The van der Waals surface area contributed by atoms with Crippen LogP contribution < -0.4 is 5.73 Å². The Kier molecular flexibility index (Phi) is 3.68. The van der Waals surface area contributed by atoms with E-state index in [-0.39, 0.29) is 5.91 Å². The van der Waals surface area contributed by atoms with Crippen molar-refractivity contribution in [2.24, 2.45) is 0 Å². The van der Waals surface area contributed by atoms with Gasteiger partial charge in [0.2, 0.25) is 0 Å². The quantitative estimate of drug-likeness (QED) is 0.874. The second-order valence-corrected chi connectivity index (χ2v) is 6.29. The van der Waals surface area contributed by atoms with Crippen molar-refractivity contribution in [3.63, 3.8) is 0 Å². The number of nitrogen functional groups attached to an aromatic ring is 1. The number of halogens is 1. The van der Waals surface area contributed by atoms with Crippen LogP contribution in [0.5, 0.6) is 0 Å². The molecular formula is C15H15ClN2OS. The summed E-state index contributed by atoms with van der Waals surface area (Å²) in [5, 5.41) is 4.61. The Labute approximate surface area is 127 Å². The Bertz CT molecular complexity index is 603. The van der Waals surface area contributed by atoms with E-state index in [1.165, 1.54) is 5.56 Å². The van der Waals surface area contributed by atoms with Crippen molar-refractivity contribution in [2.75, 3.05) is 5.73 Å². The molecule has 0 spiro atoms. The number of amides is 1. The third kappa shape index (κ3) is 2.97. The van der Waals surface area contributed by atoms with Crippen LogP contribution in [0.1, 0.15) is 28.8 Å². The van der Waals surface area contributed by atoms with Gasteiger partial charge in [0, 0.05) is 28.9 Å². The SMILES string of the molecule is Nc1cc(Cl)cc(C(=O)N(Cc2ccsc2)C2CC2)c1. The van der Waals surface area contributed by atoms with Crippen LogP contribution in [-0.4, -0.2) is 16.8 Å². The molecule has 104 valence electrons. The number of hydrogen-bond acceptors (Lipinski definition) is 3. The highest BCUT2D eigenvalue weighted by molar-refractivity contribution is 7.07. The average molecular weight is 307 g/mol. The average Bonchev–Trinajstić information content (AvgIpc) is 3.11. The third-order valence-corrected chi connectivity index (χ3v) is 4.30. The monoisotopic (exact) mass is 306 g/mol. The zero-order valence-corrected chi connectivity index (χ0v) is 12.5. The van der Waals surface area contributed by atoms with Gasteiger partial charge in [0.25, 0.3) is 5.91 Å². The summed E-state index contributed by atoms with van der Waals surface area (Å²) >= 11 is 7.63. The fraction of sp³-hybridized carbons (Fsp3) is 0.267. The zero-order chi connectivity index (χ0) is 14.1. The number of carbonyl (C=O) groups excluding carboxylic acids is 1. The molecule has 1 heterocycles. The van der Waals surface area contributed by atoms with Gasteiger partial charge in [-0.25, -0.2) is 0 Å². The highest BCUT2D eigenvalue weighted by Gasteiger charge is 2.33. The van der Waals surface area contributed by atoms with E-state index < -0.39 is 0 Å². The van der Waals surface area contributed by atoms with Gasteiger partial charge in [0.15, 0.2) is 0 Å². The predicted molar refractivity (Wildman–Crippen MR) is 83.1 cm³/mol. The van der Waals surface area contributed by atoms with E-state index in [0.717, 1.165) is 12.8 Å². The van der Waals surface area contributed by atoms with Gasteiger partial charge in [0.05, 0.1) is 0 Å². The van der Waals surface area contributed by atoms with Gasteiger partial charge in [-0.1, -0.05) is 11.6 Å². The smallest absolute Gasteiger partial charge is 0.254 e. The molecule has 5 heteroatoms. The lowest BCUT2D eigenvalue weighted by Crippen LogP contribution is -2.32. The minimum Gasteiger partial charge on any atom is -0.399 e. The molecule has 3 rings (SSSR count). The largest absolute Gasteiger partial charge is 0.399 e. The summed E-state index contributed by atoms with van der Waals surface area (Å²) in [5.41, 5.74) is 8.03. The Morgan fingerprint density at radius 1 is 1.40 bits per heavy atom. The zero-order valence-electron chi connectivity index (χ0n) is 10.9. The number of rotatable bonds is 4. The molecule has 0 bridgehead atoms. The molecule has 1 aromatic carbocycles. The van der Waals surface area contributed by atoms with E-state index in [1.54, 1.807) is 29.5 Å². The summed E-state index contributed by atoms with van der Waals surface area (Å²) < 4.78 is 0. The molecule has 0 aliphatic heterocycles. The number of benzene rings is 1. The summed E-state index contributed by atoms with van der Waals surface area (Å²) in [5.74, 6) is 0.00731. The minimum atomic E-state index is 0.00731. The fourth-order valence-corrected chi connectivity index (χ4v) is 3.14. The maximum absolute atomic E-state index is 12.7. The molecule has 1 saturated carbocycles. The van der Waals surface area contributed by atoms with E-state index in [9.17, 15) is 4.79 Å².